The Morgan fingerprint density at radius 1 is 1.65 bits per heavy atom. The summed E-state index contributed by atoms with van der Waals surface area (Å²) in [6.07, 6.45) is 0. The van der Waals surface area contributed by atoms with E-state index in [9.17, 15) is 14.9 Å². The van der Waals surface area contributed by atoms with Crippen LogP contribution in [0.3, 0.4) is 0 Å². The average Bonchev–Trinajstić information content (AvgIpc) is 2.35. The van der Waals surface area contributed by atoms with Crippen molar-refractivity contribution < 1.29 is 14.5 Å². The Hall–Kier alpha value is -2.13. The van der Waals surface area contributed by atoms with Gasteiger partial charge in [-0.2, -0.15) is 5.26 Å². The van der Waals surface area contributed by atoms with Crippen molar-refractivity contribution in [3.63, 3.8) is 0 Å². The standard InChI is InChI=1S/C10H7ClN2O4/c1-17-10(14)8-7(5-12)3-2-6(4-11)9(8)13(15)16/h2-3H,4H2,1H3. The first-order chi connectivity index (χ1) is 8.06. The Morgan fingerprint density at radius 3 is 2.71 bits per heavy atom. The van der Waals surface area contributed by atoms with E-state index in [1.807, 2.05) is 0 Å². The molecule has 1 rings (SSSR count). The predicted octanol–water partition coefficient (Wildman–Crippen LogP) is 1.99. The molecule has 0 radical (unpaired) electrons. The molecule has 0 heterocycles. The van der Waals surface area contributed by atoms with Crippen molar-refractivity contribution in [3.8, 4) is 6.07 Å². The van der Waals surface area contributed by atoms with Gasteiger partial charge in [-0.3, -0.25) is 10.1 Å². The van der Waals surface area contributed by atoms with Gasteiger partial charge in [0.05, 0.1) is 23.5 Å². The van der Waals surface area contributed by atoms with E-state index in [1.54, 1.807) is 6.07 Å². The van der Waals surface area contributed by atoms with Gasteiger partial charge < -0.3 is 4.74 Å². The van der Waals surface area contributed by atoms with Crippen molar-refractivity contribution in [3.05, 3.63) is 38.9 Å². The Balaban J connectivity index is 3.65. The summed E-state index contributed by atoms with van der Waals surface area (Å²) in [5, 5.41) is 19.7. The third-order valence-corrected chi connectivity index (χ3v) is 2.39. The van der Waals surface area contributed by atoms with Gasteiger partial charge in [-0.05, 0) is 12.1 Å². The van der Waals surface area contributed by atoms with Gasteiger partial charge >= 0.3 is 5.97 Å². The highest BCUT2D eigenvalue weighted by atomic mass is 35.5. The first kappa shape index (κ1) is 12.9. The molecule has 0 fully saturated rings. The highest BCUT2D eigenvalue weighted by Gasteiger charge is 2.28. The van der Waals surface area contributed by atoms with Crippen LogP contribution in [0.25, 0.3) is 0 Å². The highest BCUT2D eigenvalue weighted by Crippen LogP contribution is 2.28. The van der Waals surface area contributed by atoms with Gasteiger partial charge in [-0.25, -0.2) is 4.79 Å². The summed E-state index contributed by atoms with van der Waals surface area (Å²) in [7, 11) is 1.08. The minimum absolute atomic E-state index is 0.114. The van der Waals surface area contributed by atoms with Crippen LogP contribution in [0.2, 0.25) is 0 Å². The van der Waals surface area contributed by atoms with Crippen molar-refractivity contribution in [2.24, 2.45) is 0 Å². The molecule has 88 valence electrons. The second kappa shape index (κ2) is 5.27. The van der Waals surface area contributed by atoms with E-state index >= 15 is 0 Å². The van der Waals surface area contributed by atoms with Crippen molar-refractivity contribution in [1.29, 1.82) is 5.26 Å². The molecule has 0 aliphatic rings. The molecule has 1 aromatic carbocycles. The molecule has 0 aliphatic carbocycles. The number of nitriles is 1. The molecular weight excluding hydrogens is 248 g/mol. The predicted molar refractivity (Wildman–Crippen MR) is 58.7 cm³/mol. The summed E-state index contributed by atoms with van der Waals surface area (Å²) in [5.41, 5.74) is -0.794. The molecule has 0 N–H and O–H groups in total. The highest BCUT2D eigenvalue weighted by molar-refractivity contribution is 6.17. The molecule has 0 saturated carbocycles. The lowest BCUT2D eigenvalue weighted by atomic mass is 10.0. The van der Waals surface area contributed by atoms with Crippen LogP contribution in [0, 0.1) is 21.4 Å². The summed E-state index contributed by atoms with van der Waals surface area (Å²) in [4.78, 5) is 21.6. The van der Waals surface area contributed by atoms with Gasteiger partial charge in [-0.15, -0.1) is 11.6 Å². The number of esters is 1. The van der Waals surface area contributed by atoms with E-state index in [-0.39, 0.29) is 22.6 Å². The largest absolute Gasteiger partial charge is 0.465 e. The SMILES string of the molecule is COC(=O)c1c(C#N)ccc(CCl)c1[N+](=O)[O-]. The second-order valence-corrected chi connectivity index (χ2v) is 3.26. The fourth-order valence-corrected chi connectivity index (χ4v) is 1.57. The fraction of sp³-hybridized carbons (Fsp3) is 0.200. The lowest BCUT2D eigenvalue weighted by molar-refractivity contribution is -0.385. The van der Waals surface area contributed by atoms with E-state index in [0.29, 0.717) is 0 Å². The van der Waals surface area contributed by atoms with E-state index in [4.69, 9.17) is 16.9 Å². The molecule has 6 nitrogen and oxygen atoms in total. The fourth-order valence-electron chi connectivity index (χ4n) is 1.35. The molecule has 0 unspecified atom stereocenters. The first-order valence-electron chi connectivity index (χ1n) is 4.41. The topological polar surface area (TPSA) is 93.2 Å². The number of nitro groups is 1. The van der Waals surface area contributed by atoms with Crippen LogP contribution in [0.15, 0.2) is 12.1 Å². The number of ether oxygens (including phenoxy) is 1. The van der Waals surface area contributed by atoms with E-state index in [1.165, 1.54) is 12.1 Å². The van der Waals surface area contributed by atoms with Crippen LogP contribution in [0.4, 0.5) is 5.69 Å². The van der Waals surface area contributed by atoms with Crippen LogP contribution >= 0.6 is 11.6 Å². The monoisotopic (exact) mass is 254 g/mol. The van der Waals surface area contributed by atoms with Gasteiger partial charge in [0.15, 0.2) is 5.56 Å². The van der Waals surface area contributed by atoms with Crippen molar-refractivity contribution in [2.45, 2.75) is 5.88 Å². The number of rotatable bonds is 3. The minimum atomic E-state index is -0.930. The van der Waals surface area contributed by atoms with Gasteiger partial charge in [-0.1, -0.05) is 0 Å². The molecule has 7 heteroatoms. The van der Waals surface area contributed by atoms with Crippen LogP contribution in [0.1, 0.15) is 21.5 Å². The van der Waals surface area contributed by atoms with Crippen molar-refractivity contribution in [1.82, 2.24) is 0 Å². The normalized spacial score (nSPS) is 9.47. The number of nitro benzene ring substituents is 1. The number of carbonyl (C=O) groups is 1. The first-order valence-corrected chi connectivity index (χ1v) is 4.94. The van der Waals surface area contributed by atoms with Gasteiger partial charge in [0, 0.05) is 5.56 Å². The molecule has 17 heavy (non-hydrogen) atoms. The van der Waals surface area contributed by atoms with Crippen LogP contribution in [0.5, 0.6) is 0 Å². The number of hydrogen-bond donors (Lipinski definition) is 0. The van der Waals surface area contributed by atoms with Crippen LogP contribution in [-0.2, 0) is 10.6 Å². The third kappa shape index (κ3) is 2.34. The summed E-state index contributed by atoms with van der Waals surface area (Å²) < 4.78 is 4.43. The number of alkyl halides is 1. The lowest BCUT2D eigenvalue weighted by Gasteiger charge is -2.06. The minimum Gasteiger partial charge on any atom is -0.465 e. The summed E-state index contributed by atoms with van der Waals surface area (Å²) in [6, 6.07) is 4.35. The lowest BCUT2D eigenvalue weighted by Crippen LogP contribution is -2.10. The zero-order valence-corrected chi connectivity index (χ0v) is 9.52. The van der Waals surface area contributed by atoms with E-state index in [0.717, 1.165) is 7.11 Å². The number of carbonyl (C=O) groups excluding carboxylic acids is 1. The molecule has 1 aromatic rings. The number of benzene rings is 1. The second-order valence-electron chi connectivity index (χ2n) is 2.99. The van der Waals surface area contributed by atoms with E-state index < -0.39 is 16.6 Å². The van der Waals surface area contributed by atoms with Gasteiger partial charge in [0.2, 0.25) is 0 Å². The van der Waals surface area contributed by atoms with E-state index in [2.05, 4.69) is 4.74 Å². The van der Waals surface area contributed by atoms with Crippen molar-refractivity contribution in [2.75, 3.05) is 7.11 Å². The molecule has 0 aromatic heterocycles. The number of nitrogens with zero attached hydrogens (tertiary/aromatic N) is 2. The molecule has 0 spiro atoms. The Kier molecular flexibility index (Phi) is 4.01. The zero-order valence-electron chi connectivity index (χ0n) is 8.77. The molecule has 0 aliphatic heterocycles. The Labute approximate surface area is 102 Å². The smallest absolute Gasteiger partial charge is 0.346 e. The van der Waals surface area contributed by atoms with Gasteiger partial charge in [0.1, 0.15) is 6.07 Å². The summed E-state index contributed by atoms with van der Waals surface area (Å²) in [5.74, 6) is -1.06. The molecule has 0 amide bonds. The summed E-state index contributed by atoms with van der Waals surface area (Å²) >= 11 is 5.55. The summed E-state index contributed by atoms with van der Waals surface area (Å²) in [6.45, 7) is 0. The van der Waals surface area contributed by atoms with Crippen LogP contribution in [-0.4, -0.2) is 18.0 Å². The maximum absolute atomic E-state index is 11.5. The maximum Gasteiger partial charge on any atom is 0.346 e. The molecule has 0 bridgehead atoms. The number of halogens is 1. The molecule has 0 atom stereocenters. The Morgan fingerprint density at radius 2 is 2.29 bits per heavy atom. The molecular formula is C10H7ClN2O4. The maximum atomic E-state index is 11.5. The Bertz CT molecular complexity index is 522. The van der Waals surface area contributed by atoms with Crippen molar-refractivity contribution >= 4 is 23.3 Å². The number of methoxy groups -OCH3 is 1. The molecule has 0 saturated heterocycles. The van der Waals surface area contributed by atoms with Crippen LogP contribution < -0.4 is 0 Å². The number of hydrogen-bond acceptors (Lipinski definition) is 5. The zero-order chi connectivity index (χ0) is 13.0. The average molecular weight is 255 g/mol. The van der Waals surface area contributed by atoms with Gasteiger partial charge in [0.25, 0.3) is 5.69 Å². The third-order valence-electron chi connectivity index (χ3n) is 2.10. The quantitative estimate of drug-likeness (QED) is 0.356.